The first-order valence-electron chi connectivity index (χ1n) is 11.6. The van der Waals surface area contributed by atoms with E-state index in [-0.39, 0.29) is 0 Å². The molecular formula is C22H42O2Si. The van der Waals surface area contributed by atoms with Gasteiger partial charge in [-0.05, 0) is 23.5 Å². The lowest BCUT2D eigenvalue weighted by Crippen LogP contribution is -2.54. The summed E-state index contributed by atoms with van der Waals surface area (Å²) in [4.78, 5) is 0. The van der Waals surface area contributed by atoms with Gasteiger partial charge in [0, 0.05) is 6.61 Å². The molecule has 0 aromatic heterocycles. The highest BCUT2D eigenvalue weighted by Gasteiger charge is 2.54. The van der Waals surface area contributed by atoms with Crippen LogP contribution in [0.5, 0.6) is 0 Å². The third-order valence-corrected chi connectivity index (χ3v) is 13.8. The molecular weight excluding hydrogens is 324 g/mol. The van der Waals surface area contributed by atoms with E-state index in [1.54, 1.807) is 0 Å². The Balaban J connectivity index is 1.82. The molecule has 0 saturated heterocycles. The third kappa shape index (κ3) is 4.90. The highest BCUT2D eigenvalue weighted by molar-refractivity contribution is 6.78. The van der Waals surface area contributed by atoms with Crippen LogP contribution in [0, 0.1) is 0 Å². The summed E-state index contributed by atoms with van der Waals surface area (Å²) in [6.07, 6.45) is 22.1. The Bertz CT molecular complexity index is 309. The molecule has 3 rings (SSSR count). The average molecular weight is 367 g/mol. The maximum Gasteiger partial charge on any atom is 0.202 e. The third-order valence-electron chi connectivity index (χ3n) is 7.51. The van der Waals surface area contributed by atoms with Gasteiger partial charge < -0.3 is 9.16 Å². The Morgan fingerprint density at radius 3 is 1.36 bits per heavy atom. The van der Waals surface area contributed by atoms with Crippen molar-refractivity contribution in [1.82, 2.24) is 0 Å². The molecule has 0 bridgehead atoms. The standard InChI is InChI=1S/C22H42O2Si/c1-2-23-18-19-24-25(20-12-6-3-7-13-20,21-14-8-4-9-15-21)22-16-10-5-11-17-22/h20-22H,2-19H2,1H3. The van der Waals surface area contributed by atoms with Crippen LogP contribution in [0.2, 0.25) is 16.6 Å². The molecule has 0 spiro atoms. The molecule has 0 aromatic rings. The van der Waals surface area contributed by atoms with Gasteiger partial charge >= 0.3 is 0 Å². The molecule has 0 aromatic carbocycles. The summed E-state index contributed by atoms with van der Waals surface area (Å²) < 4.78 is 12.9. The van der Waals surface area contributed by atoms with E-state index in [0.717, 1.165) is 36.4 Å². The molecule has 0 N–H and O–H groups in total. The van der Waals surface area contributed by atoms with Crippen molar-refractivity contribution in [2.24, 2.45) is 0 Å². The molecule has 3 aliphatic rings. The Labute approximate surface area is 157 Å². The largest absolute Gasteiger partial charge is 0.414 e. The quantitative estimate of drug-likeness (QED) is 0.340. The van der Waals surface area contributed by atoms with Gasteiger partial charge in [-0.3, -0.25) is 0 Å². The first-order chi connectivity index (χ1) is 12.4. The second-order valence-electron chi connectivity index (χ2n) is 8.90. The van der Waals surface area contributed by atoms with E-state index in [9.17, 15) is 0 Å². The van der Waals surface area contributed by atoms with Crippen LogP contribution < -0.4 is 0 Å². The number of hydrogen-bond donors (Lipinski definition) is 0. The van der Waals surface area contributed by atoms with Crippen molar-refractivity contribution in [3.05, 3.63) is 0 Å². The number of rotatable bonds is 8. The van der Waals surface area contributed by atoms with E-state index < -0.39 is 8.32 Å². The Morgan fingerprint density at radius 1 is 0.600 bits per heavy atom. The zero-order valence-corrected chi connectivity index (χ0v) is 17.8. The highest BCUT2D eigenvalue weighted by Crippen LogP contribution is 2.57. The van der Waals surface area contributed by atoms with Crippen LogP contribution >= 0.6 is 0 Å². The van der Waals surface area contributed by atoms with E-state index in [2.05, 4.69) is 6.92 Å². The maximum atomic E-state index is 7.16. The predicted molar refractivity (Wildman–Crippen MR) is 109 cm³/mol. The van der Waals surface area contributed by atoms with Gasteiger partial charge in [0.1, 0.15) is 0 Å². The first kappa shape index (κ1) is 19.9. The molecule has 25 heavy (non-hydrogen) atoms. The Kier molecular flexibility index (Phi) is 8.32. The van der Waals surface area contributed by atoms with Crippen LogP contribution in [0.1, 0.15) is 103 Å². The van der Waals surface area contributed by atoms with E-state index in [4.69, 9.17) is 9.16 Å². The fourth-order valence-electron chi connectivity index (χ4n) is 6.44. The fraction of sp³-hybridized carbons (Fsp3) is 1.00. The minimum Gasteiger partial charge on any atom is -0.414 e. The van der Waals surface area contributed by atoms with Crippen molar-refractivity contribution >= 4 is 8.32 Å². The van der Waals surface area contributed by atoms with Crippen molar-refractivity contribution in [3.63, 3.8) is 0 Å². The zero-order chi connectivity index (χ0) is 17.4. The van der Waals surface area contributed by atoms with Gasteiger partial charge in [0.05, 0.1) is 13.2 Å². The van der Waals surface area contributed by atoms with Crippen LogP contribution in [0.15, 0.2) is 0 Å². The summed E-state index contributed by atoms with van der Waals surface area (Å²) >= 11 is 0. The Hall–Kier alpha value is 0.137. The Morgan fingerprint density at radius 2 is 1.00 bits per heavy atom. The SMILES string of the molecule is CCOCCO[Si](C1CCCCC1)(C1CCCCC1)C1CCCCC1. The van der Waals surface area contributed by atoms with Gasteiger partial charge in [0.25, 0.3) is 0 Å². The molecule has 3 aliphatic carbocycles. The summed E-state index contributed by atoms with van der Waals surface area (Å²) in [5.41, 5.74) is 2.86. The van der Waals surface area contributed by atoms with Crippen molar-refractivity contribution in [2.45, 2.75) is 120 Å². The molecule has 0 amide bonds. The first-order valence-corrected chi connectivity index (χ1v) is 13.7. The summed E-state index contributed by atoms with van der Waals surface area (Å²) in [5, 5.41) is 0. The molecule has 0 aliphatic heterocycles. The monoisotopic (exact) mass is 366 g/mol. The molecule has 3 heteroatoms. The summed E-state index contributed by atoms with van der Waals surface area (Å²) in [5.74, 6) is 0. The smallest absolute Gasteiger partial charge is 0.202 e. The van der Waals surface area contributed by atoms with Crippen LogP contribution in [0.3, 0.4) is 0 Å². The van der Waals surface area contributed by atoms with Gasteiger partial charge in [-0.15, -0.1) is 0 Å². The van der Waals surface area contributed by atoms with Crippen LogP contribution in [-0.4, -0.2) is 28.1 Å². The van der Waals surface area contributed by atoms with Crippen molar-refractivity contribution < 1.29 is 9.16 Å². The second kappa shape index (κ2) is 10.5. The lowest BCUT2D eigenvalue weighted by molar-refractivity contribution is 0.0989. The van der Waals surface area contributed by atoms with Crippen molar-refractivity contribution in [1.29, 1.82) is 0 Å². The molecule has 3 saturated carbocycles. The topological polar surface area (TPSA) is 18.5 Å². The van der Waals surface area contributed by atoms with Gasteiger partial charge in [0.15, 0.2) is 0 Å². The molecule has 0 atom stereocenters. The van der Waals surface area contributed by atoms with Gasteiger partial charge in [0.2, 0.25) is 8.32 Å². The lowest BCUT2D eigenvalue weighted by Gasteiger charge is -2.52. The molecule has 0 radical (unpaired) electrons. The normalized spacial score (nSPS) is 25.3. The molecule has 146 valence electrons. The second-order valence-corrected chi connectivity index (χ2v) is 13.3. The van der Waals surface area contributed by atoms with E-state index >= 15 is 0 Å². The highest BCUT2D eigenvalue weighted by atomic mass is 28.4. The predicted octanol–water partition coefficient (Wildman–Crippen LogP) is 6.99. The number of hydrogen-bond acceptors (Lipinski definition) is 2. The minimum absolute atomic E-state index is 0.817. The van der Waals surface area contributed by atoms with Crippen LogP contribution in [-0.2, 0) is 9.16 Å². The van der Waals surface area contributed by atoms with E-state index in [0.29, 0.717) is 0 Å². The molecule has 2 nitrogen and oxygen atoms in total. The van der Waals surface area contributed by atoms with Crippen LogP contribution in [0.25, 0.3) is 0 Å². The van der Waals surface area contributed by atoms with E-state index in [1.165, 1.54) is 96.3 Å². The summed E-state index contributed by atoms with van der Waals surface area (Å²) in [6.45, 7) is 4.63. The lowest BCUT2D eigenvalue weighted by atomic mass is 9.98. The van der Waals surface area contributed by atoms with Gasteiger partial charge in [-0.1, -0.05) is 96.3 Å². The van der Waals surface area contributed by atoms with Crippen molar-refractivity contribution in [3.8, 4) is 0 Å². The fourth-order valence-corrected chi connectivity index (χ4v) is 13.5. The maximum absolute atomic E-state index is 7.16. The minimum atomic E-state index is -1.72. The summed E-state index contributed by atoms with van der Waals surface area (Å²) in [6, 6.07) is 0. The van der Waals surface area contributed by atoms with Crippen LogP contribution in [0.4, 0.5) is 0 Å². The van der Waals surface area contributed by atoms with E-state index in [1.807, 2.05) is 0 Å². The van der Waals surface area contributed by atoms with Gasteiger partial charge in [-0.2, -0.15) is 0 Å². The van der Waals surface area contributed by atoms with Gasteiger partial charge in [-0.25, -0.2) is 0 Å². The average Bonchev–Trinajstić information content (AvgIpc) is 2.70. The molecule has 0 heterocycles. The summed E-state index contributed by atoms with van der Waals surface area (Å²) in [7, 11) is -1.72. The number of ether oxygens (including phenoxy) is 1. The molecule has 3 fully saturated rings. The van der Waals surface area contributed by atoms with Crippen molar-refractivity contribution in [2.75, 3.05) is 19.8 Å². The molecule has 0 unspecified atom stereocenters. The zero-order valence-electron chi connectivity index (χ0n) is 16.8.